The van der Waals surface area contributed by atoms with Crippen molar-refractivity contribution >= 4 is 5.91 Å². The fraction of sp³-hybridized carbons (Fsp3) is 0.318. The number of nitrogens with zero attached hydrogens (tertiary/aromatic N) is 3. The molecule has 0 aliphatic carbocycles. The van der Waals surface area contributed by atoms with Crippen LogP contribution in [0.25, 0.3) is 11.3 Å². The molecule has 1 atom stereocenters. The first-order chi connectivity index (χ1) is 13.8. The summed E-state index contributed by atoms with van der Waals surface area (Å²) in [5.74, 6) is 1.51. The third kappa shape index (κ3) is 3.76. The number of carbonyl (C=O) groups excluding carboxylic acids is 1. The van der Waals surface area contributed by atoms with Crippen LogP contribution in [-0.2, 0) is 0 Å². The highest BCUT2D eigenvalue weighted by atomic mass is 16.5. The lowest BCUT2D eigenvalue weighted by Crippen LogP contribution is -2.34. The van der Waals surface area contributed by atoms with Crippen LogP contribution in [-0.4, -0.2) is 34.6 Å². The number of rotatable bonds is 4. The maximum atomic E-state index is 13.1. The van der Waals surface area contributed by atoms with E-state index < -0.39 is 0 Å². The second kappa shape index (κ2) is 8.25. The quantitative estimate of drug-likeness (QED) is 0.669. The molecule has 1 fully saturated rings. The van der Waals surface area contributed by atoms with Crippen molar-refractivity contribution in [1.82, 2.24) is 15.0 Å². The molecule has 0 N–H and O–H groups in total. The van der Waals surface area contributed by atoms with Crippen LogP contribution < -0.4 is 4.74 Å². The SMILES string of the molecule is COc1ccc(-c2cc([C@@H]3CCCCCN3C(=O)c3cccnc3)on2)cc1. The summed E-state index contributed by atoms with van der Waals surface area (Å²) in [5.41, 5.74) is 2.31. The summed E-state index contributed by atoms with van der Waals surface area (Å²) in [6.45, 7) is 0.705. The van der Waals surface area contributed by atoms with Crippen LogP contribution in [0.5, 0.6) is 5.75 Å². The molecule has 2 aromatic heterocycles. The number of hydrogen-bond donors (Lipinski definition) is 0. The number of amides is 1. The van der Waals surface area contributed by atoms with E-state index in [-0.39, 0.29) is 11.9 Å². The Balaban J connectivity index is 1.61. The lowest BCUT2D eigenvalue weighted by molar-refractivity contribution is 0.0650. The molecule has 1 amide bonds. The molecule has 6 nitrogen and oxygen atoms in total. The predicted octanol–water partition coefficient (Wildman–Crippen LogP) is 4.50. The monoisotopic (exact) mass is 377 g/mol. The van der Waals surface area contributed by atoms with Gasteiger partial charge in [-0.25, -0.2) is 0 Å². The van der Waals surface area contributed by atoms with Gasteiger partial charge in [-0.05, 0) is 49.2 Å². The van der Waals surface area contributed by atoms with E-state index in [1.807, 2.05) is 35.2 Å². The standard InChI is InChI=1S/C22H23N3O3/c1-27-18-10-8-16(9-11-18)19-14-21(28-24-19)20-7-3-2-4-13-25(20)22(26)17-6-5-12-23-15-17/h5-6,8-12,14-15,20H,2-4,7,13H2,1H3/t20-/m0/s1. The van der Waals surface area contributed by atoms with Crippen molar-refractivity contribution in [3.05, 3.63) is 66.2 Å². The summed E-state index contributed by atoms with van der Waals surface area (Å²) in [5, 5.41) is 4.25. The number of carbonyl (C=O) groups is 1. The number of aromatic nitrogens is 2. The van der Waals surface area contributed by atoms with Gasteiger partial charge in [0.2, 0.25) is 0 Å². The minimum Gasteiger partial charge on any atom is -0.497 e. The molecule has 4 rings (SSSR count). The van der Waals surface area contributed by atoms with Crippen molar-refractivity contribution in [3.63, 3.8) is 0 Å². The predicted molar refractivity (Wildman–Crippen MR) is 105 cm³/mol. The first kappa shape index (κ1) is 18.2. The van der Waals surface area contributed by atoms with Gasteiger partial charge in [0, 0.05) is 30.6 Å². The molecule has 1 aliphatic rings. The first-order valence-corrected chi connectivity index (χ1v) is 9.58. The van der Waals surface area contributed by atoms with Gasteiger partial charge in [-0.2, -0.15) is 0 Å². The Bertz CT molecular complexity index is 922. The summed E-state index contributed by atoms with van der Waals surface area (Å²) in [4.78, 5) is 19.1. The van der Waals surface area contributed by atoms with E-state index >= 15 is 0 Å². The Morgan fingerprint density at radius 1 is 1.18 bits per heavy atom. The molecule has 144 valence electrons. The average Bonchev–Trinajstić information content (AvgIpc) is 3.12. The van der Waals surface area contributed by atoms with E-state index in [1.165, 1.54) is 0 Å². The van der Waals surface area contributed by atoms with Crippen molar-refractivity contribution in [2.45, 2.75) is 31.7 Å². The van der Waals surface area contributed by atoms with Gasteiger partial charge in [0.1, 0.15) is 11.4 Å². The molecule has 0 unspecified atom stereocenters. The Labute approximate surface area is 164 Å². The van der Waals surface area contributed by atoms with Gasteiger partial charge >= 0.3 is 0 Å². The molecule has 0 bridgehead atoms. The maximum Gasteiger partial charge on any atom is 0.256 e. The number of hydrogen-bond acceptors (Lipinski definition) is 5. The number of likely N-dealkylation sites (tertiary alicyclic amines) is 1. The van der Waals surface area contributed by atoms with E-state index in [2.05, 4.69) is 10.1 Å². The zero-order valence-electron chi connectivity index (χ0n) is 15.9. The van der Waals surface area contributed by atoms with Crippen LogP contribution in [0.2, 0.25) is 0 Å². The van der Waals surface area contributed by atoms with Crippen molar-refractivity contribution in [2.24, 2.45) is 0 Å². The maximum absolute atomic E-state index is 13.1. The summed E-state index contributed by atoms with van der Waals surface area (Å²) in [6.07, 6.45) is 7.31. The van der Waals surface area contributed by atoms with Crippen LogP contribution in [0.15, 0.2) is 59.4 Å². The summed E-state index contributed by atoms with van der Waals surface area (Å²) in [7, 11) is 1.64. The van der Waals surface area contributed by atoms with Crippen LogP contribution >= 0.6 is 0 Å². The fourth-order valence-corrected chi connectivity index (χ4v) is 3.65. The summed E-state index contributed by atoms with van der Waals surface area (Å²) in [6, 6.07) is 13.1. The molecule has 0 radical (unpaired) electrons. The molecule has 28 heavy (non-hydrogen) atoms. The topological polar surface area (TPSA) is 68.5 Å². The minimum atomic E-state index is -0.116. The highest BCUT2D eigenvalue weighted by Gasteiger charge is 2.30. The third-order valence-corrected chi connectivity index (χ3v) is 5.16. The van der Waals surface area contributed by atoms with Gasteiger partial charge in [-0.15, -0.1) is 0 Å². The Kier molecular flexibility index (Phi) is 5.37. The molecule has 1 saturated heterocycles. The molecular weight excluding hydrogens is 354 g/mol. The van der Waals surface area contributed by atoms with E-state index in [0.29, 0.717) is 12.1 Å². The minimum absolute atomic E-state index is 0.0117. The Morgan fingerprint density at radius 3 is 2.79 bits per heavy atom. The normalized spacial score (nSPS) is 17.2. The van der Waals surface area contributed by atoms with Crippen molar-refractivity contribution < 1.29 is 14.1 Å². The fourth-order valence-electron chi connectivity index (χ4n) is 3.65. The van der Waals surface area contributed by atoms with Crippen molar-refractivity contribution in [1.29, 1.82) is 0 Å². The van der Waals surface area contributed by atoms with Crippen molar-refractivity contribution in [3.8, 4) is 17.0 Å². The van der Waals surface area contributed by atoms with E-state index in [0.717, 1.165) is 48.5 Å². The molecule has 3 heterocycles. The van der Waals surface area contributed by atoms with Gasteiger partial charge < -0.3 is 14.2 Å². The number of methoxy groups -OCH3 is 1. The second-order valence-electron chi connectivity index (χ2n) is 6.95. The van der Waals surface area contributed by atoms with Crippen LogP contribution in [0.3, 0.4) is 0 Å². The van der Waals surface area contributed by atoms with Crippen LogP contribution in [0.4, 0.5) is 0 Å². The van der Waals surface area contributed by atoms with Gasteiger partial charge in [0.25, 0.3) is 5.91 Å². The number of ether oxygens (including phenoxy) is 1. The zero-order valence-corrected chi connectivity index (χ0v) is 15.9. The molecular formula is C22H23N3O3. The molecule has 1 aliphatic heterocycles. The molecule has 0 saturated carbocycles. The molecule has 6 heteroatoms. The van der Waals surface area contributed by atoms with Gasteiger partial charge in [-0.1, -0.05) is 18.0 Å². The highest BCUT2D eigenvalue weighted by molar-refractivity contribution is 5.94. The summed E-state index contributed by atoms with van der Waals surface area (Å²) < 4.78 is 10.9. The van der Waals surface area contributed by atoms with Gasteiger partial charge in [-0.3, -0.25) is 9.78 Å². The molecule has 0 spiro atoms. The second-order valence-corrected chi connectivity index (χ2v) is 6.95. The van der Waals surface area contributed by atoms with Gasteiger partial charge in [0.15, 0.2) is 5.76 Å². The highest BCUT2D eigenvalue weighted by Crippen LogP contribution is 2.33. The number of pyridine rings is 1. The largest absolute Gasteiger partial charge is 0.497 e. The number of benzene rings is 1. The Morgan fingerprint density at radius 2 is 2.04 bits per heavy atom. The van der Waals surface area contributed by atoms with E-state index in [9.17, 15) is 4.79 Å². The third-order valence-electron chi connectivity index (χ3n) is 5.16. The van der Waals surface area contributed by atoms with Crippen molar-refractivity contribution in [2.75, 3.05) is 13.7 Å². The smallest absolute Gasteiger partial charge is 0.256 e. The molecule has 3 aromatic rings. The Hall–Kier alpha value is -3.15. The lowest BCUT2D eigenvalue weighted by Gasteiger charge is -2.28. The summed E-state index contributed by atoms with van der Waals surface area (Å²) >= 11 is 0. The average molecular weight is 377 g/mol. The van der Waals surface area contributed by atoms with Crippen LogP contribution in [0.1, 0.15) is 47.8 Å². The first-order valence-electron chi connectivity index (χ1n) is 9.58. The zero-order chi connectivity index (χ0) is 19.3. The van der Waals surface area contributed by atoms with Crippen LogP contribution in [0, 0.1) is 0 Å². The van der Waals surface area contributed by atoms with Gasteiger partial charge in [0.05, 0.1) is 18.7 Å². The molecule has 1 aromatic carbocycles. The van der Waals surface area contributed by atoms with E-state index in [1.54, 1.807) is 31.6 Å². The lowest BCUT2D eigenvalue weighted by atomic mass is 10.0. The van der Waals surface area contributed by atoms with E-state index in [4.69, 9.17) is 9.26 Å².